The molecule has 0 amide bonds. The second-order valence-electron chi connectivity index (χ2n) is 8.89. The lowest BCUT2D eigenvalue weighted by Gasteiger charge is -2.18. The summed E-state index contributed by atoms with van der Waals surface area (Å²) < 4.78 is 2.36. The number of pyridine rings is 1. The molecule has 1 nitrogen and oxygen atoms in total. The summed E-state index contributed by atoms with van der Waals surface area (Å²) in [7, 11) is 2.19. The molecule has 0 N–H and O–H groups in total. The van der Waals surface area contributed by atoms with Gasteiger partial charge in [0, 0.05) is 17.5 Å². The SMILES string of the molecule is Cc1ccc2ccccc2c1-c1ccc2ccc(CC(C)(C)C)cc2[n+]1C. The Kier molecular flexibility index (Phi) is 4.26. The van der Waals surface area contributed by atoms with Crippen molar-refractivity contribution in [3.05, 3.63) is 77.9 Å². The highest BCUT2D eigenvalue weighted by Gasteiger charge is 2.19. The normalized spacial score (nSPS) is 12.0. The number of benzene rings is 3. The molecule has 0 unspecified atom stereocenters. The summed E-state index contributed by atoms with van der Waals surface area (Å²) in [6.45, 7) is 9.11. The molecule has 0 fully saturated rings. The number of aromatic nitrogens is 1. The van der Waals surface area contributed by atoms with Gasteiger partial charge in [0.1, 0.15) is 7.05 Å². The Bertz CT molecular complexity index is 1150. The van der Waals surface area contributed by atoms with Gasteiger partial charge in [0.25, 0.3) is 0 Å². The zero-order valence-corrected chi connectivity index (χ0v) is 17.0. The van der Waals surface area contributed by atoms with E-state index in [1.165, 1.54) is 44.1 Å². The van der Waals surface area contributed by atoms with E-state index in [0.29, 0.717) is 0 Å². The van der Waals surface area contributed by atoms with E-state index in [2.05, 4.69) is 106 Å². The third-order valence-corrected chi connectivity index (χ3v) is 5.37. The molecule has 0 atom stereocenters. The number of fused-ring (bicyclic) bond motifs is 2. The Balaban J connectivity index is 1.96. The Morgan fingerprint density at radius 2 is 1.52 bits per heavy atom. The lowest BCUT2D eigenvalue weighted by atomic mass is 9.88. The van der Waals surface area contributed by atoms with Gasteiger partial charge < -0.3 is 0 Å². The van der Waals surface area contributed by atoms with Gasteiger partial charge in [-0.05, 0) is 52.8 Å². The first-order valence-electron chi connectivity index (χ1n) is 9.74. The molecule has 0 spiro atoms. The van der Waals surface area contributed by atoms with Crippen LogP contribution in [0.4, 0.5) is 0 Å². The molecule has 4 rings (SSSR count). The van der Waals surface area contributed by atoms with E-state index >= 15 is 0 Å². The molecule has 136 valence electrons. The number of hydrogen-bond donors (Lipinski definition) is 0. The van der Waals surface area contributed by atoms with Crippen LogP contribution in [0.25, 0.3) is 32.9 Å². The van der Waals surface area contributed by atoms with Crippen molar-refractivity contribution in [3.63, 3.8) is 0 Å². The van der Waals surface area contributed by atoms with Crippen molar-refractivity contribution in [2.45, 2.75) is 34.1 Å². The molecule has 4 aromatic rings. The van der Waals surface area contributed by atoms with Gasteiger partial charge in [-0.15, -0.1) is 0 Å². The Hall–Kier alpha value is -2.67. The lowest BCUT2D eigenvalue weighted by Crippen LogP contribution is -2.32. The summed E-state index contributed by atoms with van der Waals surface area (Å²) in [6, 6.07) is 24.5. The molecular weight excluding hydrogens is 326 g/mol. The minimum Gasteiger partial charge on any atom is -0.194 e. The minimum atomic E-state index is 0.288. The van der Waals surface area contributed by atoms with Crippen LogP contribution in [-0.4, -0.2) is 0 Å². The molecule has 0 bridgehead atoms. The molecule has 1 heteroatoms. The predicted molar refractivity (Wildman–Crippen MR) is 116 cm³/mol. The highest BCUT2D eigenvalue weighted by molar-refractivity contribution is 5.97. The van der Waals surface area contributed by atoms with Crippen LogP contribution in [0.2, 0.25) is 0 Å². The van der Waals surface area contributed by atoms with Gasteiger partial charge in [0.2, 0.25) is 11.2 Å². The van der Waals surface area contributed by atoms with E-state index < -0.39 is 0 Å². The van der Waals surface area contributed by atoms with Crippen molar-refractivity contribution in [3.8, 4) is 11.3 Å². The summed E-state index contributed by atoms with van der Waals surface area (Å²) >= 11 is 0. The van der Waals surface area contributed by atoms with Crippen molar-refractivity contribution in [1.82, 2.24) is 0 Å². The molecule has 1 aromatic heterocycles. The van der Waals surface area contributed by atoms with E-state index in [-0.39, 0.29) is 5.41 Å². The van der Waals surface area contributed by atoms with Crippen LogP contribution in [0.15, 0.2) is 66.7 Å². The van der Waals surface area contributed by atoms with Crippen LogP contribution in [-0.2, 0) is 13.5 Å². The Labute approximate surface area is 162 Å². The maximum Gasteiger partial charge on any atom is 0.213 e. The fourth-order valence-electron chi connectivity index (χ4n) is 4.12. The second-order valence-corrected chi connectivity index (χ2v) is 8.89. The average Bonchev–Trinajstić information content (AvgIpc) is 2.62. The third kappa shape index (κ3) is 3.35. The summed E-state index contributed by atoms with van der Waals surface area (Å²) in [5.41, 5.74) is 6.90. The van der Waals surface area contributed by atoms with E-state index in [9.17, 15) is 0 Å². The van der Waals surface area contributed by atoms with Gasteiger partial charge >= 0.3 is 0 Å². The fraction of sp³-hybridized carbons (Fsp3) is 0.269. The number of aryl methyl sites for hydroxylation is 2. The van der Waals surface area contributed by atoms with E-state index in [1.807, 2.05) is 0 Å². The van der Waals surface area contributed by atoms with Crippen LogP contribution in [0.1, 0.15) is 31.9 Å². The van der Waals surface area contributed by atoms with Gasteiger partial charge in [-0.25, -0.2) is 0 Å². The maximum absolute atomic E-state index is 2.37. The number of rotatable bonds is 2. The molecule has 0 saturated carbocycles. The van der Waals surface area contributed by atoms with Crippen molar-refractivity contribution >= 4 is 21.7 Å². The van der Waals surface area contributed by atoms with E-state index in [0.717, 1.165) is 6.42 Å². The number of nitrogens with zero attached hydrogens (tertiary/aromatic N) is 1. The minimum absolute atomic E-state index is 0.288. The fourth-order valence-corrected chi connectivity index (χ4v) is 4.12. The standard InChI is InChI=1S/C26H28N/c1-18-10-12-20-8-6-7-9-22(20)25(18)23-15-14-21-13-11-19(17-26(2,3)4)16-24(21)27(23)5/h6-16H,17H2,1-5H3/q+1. The third-order valence-electron chi connectivity index (χ3n) is 5.37. The van der Waals surface area contributed by atoms with Crippen molar-refractivity contribution in [1.29, 1.82) is 0 Å². The molecular formula is C26H28N+. The summed E-state index contributed by atoms with van der Waals surface area (Å²) in [5, 5.41) is 3.90. The topological polar surface area (TPSA) is 3.88 Å². The van der Waals surface area contributed by atoms with Crippen molar-refractivity contribution < 1.29 is 4.57 Å². The molecule has 0 aliphatic heterocycles. The zero-order valence-electron chi connectivity index (χ0n) is 17.0. The van der Waals surface area contributed by atoms with Crippen LogP contribution in [0, 0.1) is 12.3 Å². The lowest BCUT2D eigenvalue weighted by molar-refractivity contribution is -0.633. The largest absolute Gasteiger partial charge is 0.213 e. The molecule has 0 aliphatic rings. The van der Waals surface area contributed by atoms with Gasteiger partial charge in [-0.2, -0.15) is 4.57 Å². The zero-order chi connectivity index (χ0) is 19.2. The Morgan fingerprint density at radius 3 is 2.30 bits per heavy atom. The molecule has 1 heterocycles. The molecule has 27 heavy (non-hydrogen) atoms. The summed E-state index contributed by atoms with van der Waals surface area (Å²) in [6.07, 6.45) is 1.08. The van der Waals surface area contributed by atoms with Gasteiger partial charge in [0.15, 0.2) is 0 Å². The second kappa shape index (κ2) is 6.49. The van der Waals surface area contributed by atoms with Gasteiger partial charge in [-0.1, -0.05) is 63.2 Å². The van der Waals surface area contributed by atoms with Crippen molar-refractivity contribution in [2.24, 2.45) is 12.5 Å². The Morgan fingerprint density at radius 1 is 0.815 bits per heavy atom. The molecule has 0 aliphatic carbocycles. The summed E-state index contributed by atoms with van der Waals surface area (Å²) in [4.78, 5) is 0. The highest BCUT2D eigenvalue weighted by atomic mass is 14.9. The van der Waals surface area contributed by atoms with Gasteiger partial charge in [0.05, 0.1) is 5.56 Å². The summed E-state index contributed by atoms with van der Waals surface area (Å²) in [5.74, 6) is 0. The quantitative estimate of drug-likeness (QED) is 0.368. The number of hydrogen-bond acceptors (Lipinski definition) is 0. The van der Waals surface area contributed by atoms with Gasteiger partial charge in [-0.3, -0.25) is 0 Å². The van der Waals surface area contributed by atoms with Crippen molar-refractivity contribution in [2.75, 3.05) is 0 Å². The first-order chi connectivity index (χ1) is 12.8. The predicted octanol–water partition coefficient (Wildman–Crippen LogP) is 6.38. The van der Waals surface area contributed by atoms with Crippen LogP contribution in [0.3, 0.4) is 0 Å². The van der Waals surface area contributed by atoms with Crippen LogP contribution < -0.4 is 4.57 Å². The first kappa shape index (κ1) is 17.7. The molecule has 0 radical (unpaired) electrons. The molecule has 0 saturated heterocycles. The molecule has 3 aromatic carbocycles. The maximum atomic E-state index is 2.37. The monoisotopic (exact) mass is 354 g/mol. The van der Waals surface area contributed by atoms with Crippen LogP contribution in [0.5, 0.6) is 0 Å². The smallest absolute Gasteiger partial charge is 0.194 e. The first-order valence-corrected chi connectivity index (χ1v) is 9.74. The highest BCUT2D eigenvalue weighted by Crippen LogP contribution is 2.31. The van der Waals surface area contributed by atoms with Crippen LogP contribution >= 0.6 is 0 Å². The van der Waals surface area contributed by atoms with E-state index in [1.54, 1.807) is 0 Å². The van der Waals surface area contributed by atoms with E-state index in [4.69, 9.17) is 0 Å². The average molecular weight is 355 g/mol.